The van der Waals surface area contributed by atoms with Crippen molar-refractivity contribution in [1.29, 1.82) is 0 Å². The standard InChI is InChI=1S/C14H25N3O/c1-4-6-11(3)14(17-15)12-8-13(10-16-9-12)18-7-5-2/h8-11,14,17H,4-7,15H2,1-3H3. The molecule has 1 aromatic heterocycles. The molecule has 4 nitrogen and oxygen atoms in total. The van der Waals surface area contributed by atoms with Crippen LogP contribution in [0.1, 0.15) is 51.6 Å². The second-order valence-electron chi connectivity index (χ2n) is 4.71. The summed E-state index contributed by atoms with van der Waals surface area (Å²) in [5.41, 5.74) is 3.98. The van der Waals surface area contributed by atoms with Crippen molar-refractivity contribution >= 4 is 0 Å². The molecule has 1 aromatic rings. The fourth-order valence-electron chi connectivity index (χ4n) is 2.12. The van der Waals surface area contributed by atoms with Gasteiger partial charge >= 0.3 is 0 Å². The van der Waals surface area contributed by atoms with E-state index in [4.69, 9.17) is 10.6 Å². The SMILES string of the molecule is CCCOc1cncc(C(NN)C(C)CCC)c1. The summed E-state index contributed by atoms with van der Waals surface area (Å²) in [4.78, 5) is 4.23. The fraction of sp³-hybridized carbons (Fsp3) is 0.643. The molecule has 0 aromatic carbocycles. The Kier molecular flexibility index (Phi) is 6.68. The average molecular weight is 251 g/mol. The maximum atomic E-state index is 5.67. The molecule has 0 aliphatic heterocycles. The van der Waals surface area contributed by atoms with Crippen molar-refractivity contribution in [2.24, 2.45) is 11.8 Å². The lowest BCUT2D eigenvalue weighted by atomic mass is 9.92. The van der Waals surface area contributed by atoms with E-state index in [2.05, 4.69) is 31.2 Å². The number of rotatable bonds is 8. The number of nitrogens with two attached hydrogens (primary N) is 1. The summed E-state index contributed by atoms with van der Waals surface area (Å²) in [7, 11) is 0. The molecule has 102 valence electrons. The van der Waals surface area contributed by atoms with E-state index in [0.717, 1.165) is 37.2 Å². The highest BCUT2D eigenvalue weighted by molar-refractivity contribution is 5.26. The van der Waals surface area contributed by atoms with E-state index in [1.165, 1.54) is 0 Å². The predicted molar refractivity (Wildman–Crippen MR) is 74.2 cm³/mol. The second kappa shape index (κ2) is 8.06. The van der Waals surface area contributed by atoms with Gasteiger partial charge in [-0.15, -0.1) is 0 Å². The first-order valence-corrected chi connectivity index (χ1v) is 6.76. The third-order valence-corrected chi connectivity index (χ3v) is 3.06. The molecule has 18 heavy (non-hydrogen) atoms. The van der Waals surface area contributed by atoms with Gasteiger partial charge in [-0.05, 0) is 30.4 Å². The number of hydrogen-bond donors (Lipinski definition) is 2. The highest BCUT2D eigenvalue weighted by atomic mass is 16.5. The van der Waals surface area contributed by atoms with Crippen LogP contribution in [0.5, 0.6) is 5.75 Å². The van der Waals surface area contributed by atoms with Crippen LogP contribution >= 0.6 is 0 Å². The summed E-state index contributed by atoms with van der Waals surface area (Å²) in [6.07, 6.45) is 6.88. The fourth-order valence-corrected chi connectivity index (χ4v) is 2.12. The largest absolute Gasteiger partial charge is 0.492 e. The molecule has 1 rings (SSSR count). The van der Waals surface area contributed by atoms with Gasteiger partial charge in [0.25, 0.3) is 0 Å². The third kappa shape index (κ3) is 4.27. The molecule has 0 spiro atoms. The second-order valence-corrected chi connectivity index (χ2v) is 4.71. The van der Waals surface area contributed by atoms with Gasteiger partial charge in [-0.2, -0.15) is 0 Å². The van der Waals surface area contributed by atoms with Crippen LogP contribution in [0.2, 0.25) is 0 Å². The van der Waals surface area contributed by atoms with Crippen LogP contribution < -0.4 is 16.0 Å². The smallest absolute Gasteiger partial charge is 0.137 e. The van der Waals surface area contributed by atoms with Crippen molar-refractivity contribution in [2.75, 3.05) is 6.61 Å². The zero-order valence-corrected chi connectivity index (χ0v) is 11.6. The number of hydrazine groups is 1. The van der Waals surface area contributed by atoms with Gasteiger partial charge in [0, 0.05) is 6.20 Å². The Hall–Kier alpha value is -1.13. The van der Waals surface area contributed by atoms with Crippen molar-refractivity contribution in [3.05, 3.63) is 24.0 Å². The van der Waals surface area contributed by atoms with E-state index < -0.39 is 0 Å². The number of aromatic nitrogens is 1. The molecule has 0 saturated heterocycles. The average Bonchev–Trinajstić information content (AvgIpc) is 2.38. The Morgan fingerprint density at radius 3 is 2.72 bits per heavy atom. The van der Waals surface area contributed by atoms with E-state index in [1.54, 1.807) is 6.20 Å². The maximum Gasteiger partial charge on any atom is 0.137 e. The first kappa shape index (κ1) is 14.9. The predicted octanol–water partition coefficient (Wildman–Crippen LogP) is 2.81. The van der Waals surface area contributed by atoms with Gasteiger partial charge in [-0.1, -0.05) is 27.2 Å². The first-order valence-electron chi connectivity index (χ1n) is 6.76. The zero-order valence-electron chi connectivity index (χ0n) is 11.6. The summed E-state index contributed by atoms with van der Waals surface area (Å²) < 4.78 is 5.60. The van der Waals surface area contributed by atoms with Crippen LogP contribution in [0.25, 0.3) is 0 Å². The van der Waals surface area contributed by atoms with Crippen molar-refractivity contribution in [1.82, 2.24) is 10.4 Å². The normalized spacial score (nSPS) is 14.2. The van der Waals surface area contributed by atoms with Crippen molar-refractivity contribution in [2.45, 2.75) is 46.1 Å². The summed E-state index contributed by atoms with van der Waals surface area (Å²) in [6, 6.07) is 2.15. The molecule has 3 N–H and O–H groups in total. The van der Waals surface area contributed by atoms with Crippen LogP contribution in [0, 0.1) is 5.92 Å². The Labute approximate surface area is 110 Å². The number of nitrogens with one attached hydrogen (secondary N) is 1. The lowest BCUT2D eigenvalue weighted by molar-refractivity contribution is 0.313. The van der Waals surface area contributed by atoms with Crippen molar-refractivity contribution in [3.8, 4) is 5.75 Å². The van der Waals surface area contributed by atoms with E-state index >= 15 is 0 Å². The Bertz CT molecular complexity index is 344. The lowest BCUT2D eigenvalue weighted by Gasteiger charge is -2.23. The summed E-state index contributed by atoms with van der Waals surface area (Å²) in [6.45, 7) is 7.19. The molecule has 0 radical (unpaired) electrons. The molecule has 0 bridgehead atoms. The van der Waals surface area contributed by atoms with Gasteiger partial charge in [0.05, 0.1) is 18.8 Å². The quantitative estimate of drug-likeness (QED) is 0.551. The molecule has 0 aliphatic rings. The number of ether oxygens (including phenoxy) is 1. The van der Waals surface area contributed by atoms with E-state index in [9.17, 15) is 0 Å². The van der Waals surface area contributed by atoms with Gasteiger partial charge < -0.3 is 4.74 Å². The highest BCUT2D eigenvalue weighted by Crippen LogP contribution is 2.26. The third-order valence-electron chi connectivity index (χ3n) is 3.06. The van der Waals surface area contributed by atoms with Crippen molar-refractivity contribution < 1.29 is 4.74 Å². The minimum atomic E-state index is 0.127. The van der Waals surface area contributed by atoms with Gasteiger partial charge in [-0.25, -0.2) is 0 Å². The minimum absolute atomic E-state index is 0.127. The molecule has 0 amide bonds. The zero-order chi connectivity index (χ0) is 13.4. The summed E-state index contributed by atoms with van der Waals surface area (Å²) >= 11 is 0. The highest BCUT2D eigenvalue weighted by Gasteiger charge is 2.18. The van der Waals surface area contributed by atoms with Crippen LogP contribution in [0.4, 0.5) is 0 Å². The van der Waals surface area contributed by atoms with Gasteiger partial charge in [0.1, 0.15) is 5.75 Å². The van der Waals surface area contributed by atoms with E-state index in [1.807, 2.05) is 12.3 Å². The molecular formula is C14H25N3O. The molecule has 2 atom stereocenters. The van der Waals surface area contributed by atoms with Crippen LogP contribution in [-0.4, -0.2) is 11.6 Å². The summed E-state index contributed by atoms with van der Waals surface area (Å²) in [5, 5.41) is 0. The molecule has 0 saturated carbocycles. The monoisotopic (exact) mass is 251 g/mol. The topological polar surface area (TPSA) is 60.2 Å². The number of hydrogen-bond acceptors (Lipinski definition) is 4. The Morgan fingerprint density at radius 2 is 2.11 bits per heavy atom. The van der Waals surface area contributed by atoms with Gasteiger partial charge in [0.15, 0.2) is 0 Å². The van der Waals surface area contributed by atoms with Crippen LogP contribution in [0.15, 0.2) is 18.5 Å². The van der Waals surface area contributed by atoms with Gasteiger partial charge in [-0.3, -0.25) is 16.3 Å². The van der Waals surface area contributed by atoms with Crippen molar-refractivity contribution in [3.63, 3.8) is 0 Å². The van der Waals surface area contributed by atoms with E-state index in [-0.39, 0.29) is 6.04 Å². The lowest BCUT2D eigenvalue weighted by Crippen LogP contribution is -2.32. The molecule has 2 unspecified atom stereocenters. The maximum absolute atomic E-state index is 5.67. The molecule has 0 aliphatic carbocycles. The molecule has 0 fully saturated rings. The summed E-state index contributed by atoms with van der Waals surface area (Å²) in [5.74, 6) is 6.96. The molecular weight excluding hydrogens is 226 g/mol. The van der Waals surface area contributed by atoms with E-state index in [0.29, 0.717) is 5.92 Å². The minimum Gasteiger partial charge on any atom is -0.492 e. The van der Waals surface area contributed by atoms with Crippen LogP contribution in [0.3, 0.4) is 0 Å². The molecule has 4 heteroatoms. The van der Waals surface area contributed by atoms with Crippen LogP contribution in [-0.2, 0) is 0 Å². The number of pyridine rings is 1. The number of nitrogens with zero attached hydrogens (tertiary/aromatic N) is 1. The first-order chi connectivity index (χ1) is 8.72. The molecule has 1 heterocycles. The van der Waals surface area contributed by atoms with Gasteiger partial charge in [0.2, 0.25) is 0 Å². The Balaban J connectivity index is 2.78. The Morgan fingerprint density at radius 1 is 1.33 bits per heavy atom.